The minimum absolute atomic E-state index is 0.151. The molecule has 0 bridgehead atoms. The van der Waals surface area contributed by atoms with E-state index in [2.05, 4.69) is 10.1 Å². The average molecular weight is 354 g/mol. The van der Waals surface area contributed by atoms with E-state index in [0.29, 0.717) is 18.8 Å². The van der Waals surface area contributed by atoms with Crippen LogP contribution in [-0.4, -0.2) is 44.3 Å². The molecule has 1 amide bonds. The lowest BCUT2D eigenvalue weighted by Crippen LogP contribution is -2.35. The number of hydrogen-bond donors (Lipinski definition) is 1. The molecule has 1 aliphatic heterocycles. The highest BCUT2D eigenvalue weighted by atomic mass is 32.2. The van der Waals surface area contributed by atoms with Gasteiger partial charge in [0.15, 0.2) is 6.61 Å². The molecule has 1 heterocycles. The zero-order chi connectivity index (χ0) is 17.7. The second kappa shape index (κ2) is 7.76. The third kappa shape index (κ3) is 4.55. The van der Waals surface area contributed by atoms with Crippen LogP contribution in [0.1, 0.15) is 31.7 Å². The Morgan fingerprint density at radius 2 is 1.88 bits per heavy atom. The quantitative estimate of drug-likeness (QED) is 0.812. The molecule has 7 nitrogen and oxygen atoms in total. The van der Waals surface area contributed by atoms with E-state index >= 15 is 0 Å². The van der Waals surface area contributed by atoms with E-state index in [9.17, 15) is 18.0 Å². The van der Waals surface area contributed by atoms with Crippen molar-refractivity contribution in [1.29, 1.82) is 0 Å². The summed E-state index contributed by atoms with van der Waals surface area (Å²) in [4.78, 5) is 22.7. The minimum atomic E-state index is -3.57. The van der Waals surface area contributed by atoms with Crippen LogP contribution in [0.2, 0.25) is 0 Å². The van der Waals surface area contributed by atoms with Gasteiger partial charge in [0, 0.05) is 25.7 Å². The Kier molecular flexibility index (Phi) is 5.95. The molecule has 1 N–H and O–H groups in total. The van der Waals surface area contributed by atoms with Gasteiger partial charge in [-0.15, -0.1) is 0 Å². The summed E-state index contributed by atoms with van der Waals surface area (Å²) in [5, 5.41) is 2.58. The fraction of sp³-hybridized carbons (Fsp3) is 0.500. The number of rotatable bonds is 5. The molecule has 1 fully saturated rings. The number of aryl methyl sites for hydroxylation is 1. The van der Waals surface area contributed by atoms with Gasteiger partial charge in [0.25, 0.3) is 5.91 Å². The third-order valence-electron chi connectivity index (χ3n) is 3.84. The number of benzene rings is 1. The first-order chi connectivity index (χ1) is 11.3. The molecular formula is C16H22N2O5S. The van der Waals surface area contributed by atoms with Crippen LogP contribution < -0.4 is 5.32 Å². The van der Waals surface area contributed by atoms with Crippen LogP contribution in [0.15, 0.2) is 23.1 Å². The maximum absolute atomic E-state index is 12.7. The predicted molar refractivity (Wildman–Crippen MR) is 89.1 cm³/mol. The summed E-state index contributed by atoms with van der Waals surface area (Å²) in [6.07, 6.45) is 2.76. The van der Waals surface area contributed by atoms with Crippen molar-refractivity contribution in [3.05, 3.63) is 23.8 Å². The van der Waals surface area contributed by atoms with Crippen molar-refractivity contribution >= 4 is 27.6 Å². The standard InChI is InChI=1S/C16H22N2O5S/c1-12-6-7-14(24(21,22)18-8-4-3-5-9-18)10-15(12)17-16(20)11-23-13(2)19/h6-7,10H,3-5,8-9,11H2,1-2H3,(H,17,20). The number of esters is 1. The van der Waals surface area contributed by atoms with Crippen LogP contribution in [0.3, 0.4) is 0 Å². The van der Waals surface area contributed by atoms with Crippen molar-refractivity contribution in [2.75, 3.05) is 25.0 Å². The Morgan fingerprint density at radius 1 is 1.21 bits per heavy atom. The molecular weight excluding hydrogens is 332 g/mol. The fourth-order valence-corrected chi connectivity index (χ4v) is 4.05. The van der Waals surface area contributed by atoms with Gasteiger partial charge in [-0.3, -0.25) is 9.59 Å². The Morgan fingerprint density at radius 3 is 2.50 bits per heavy atom. The molecule has 0 atom stereocenters. The molecule has 1 saturated heterocycles. The number of hydrogen-bond acceptors (Lipinski definition) is 5. The van der Waals surface area contributed by atoms with Crippen LogP contribution >= 0.6 is 0 Å². The molecule has 0 aromatic heterocycles. The number of carbonyl (C=O) groups is 2. The molecule has 1 aromatic carbocycles. The van der Waals surface area contributed by atoms with Crippen LogP contribution in [-0.2, 0) is 24.3 Å². The number of sulfonamides is 1. The number of anilines is 1. The van der Waals surface area contributed by atoms with Crippen LogP contribution in [0.5, 0.6) is 0 Å². The van der Waals surface area contributed by atoms with E-state index < -0.39 is 28.5 Å². The average Bonchev–Trinajstić information content (AvgIpc) is 2.55. The monoisotopic (exact) mass is 354 g/mol. The number of ether oxygens (including phenoxy) is 1. The SMILES string of the molecule is CC(=O)OCC(=O)Nc1cc(S(=O)(=O)N2CCCCC2)ccc1C. The second-order valence-electron chi connectivity index (χ2n) is 5.77. The summed E-state index contributed by atoms with van der Waals surface area (Å²) in [6.45, 7) is 3.61. The molecule has 0 saturated carbocycles. The van der Waals surface area contributed by atoms with Gasteiger partial charge in [-0.05, 0) is 37.5 Å². The Hall–Kier alpha value is -1.93. The highest BCUT2D eigenvalue weighted by Crippen LogP contribution is 2.25. The van der Waals surface area contributed by atoms with E-state index in [1.54, 1.807) is 19.1 Å². The van der Waals surface area contributed by atoms with Crippen molar-refractivity contribution in [3.63, 3.8) is 0 Å². The van der Waals surface area contributed by atoms with E-state index in [1.165, 1.54) is 17.3 Å². The highest BCUT2D eigenvalue weighted by Gasteiger charge is 2.26. The molecule has 8 heteroatoms. The van der Waals surface area contributed by atoms with Gasteiger partial charge in [-0.25, -0.2) is 8.42 Å². The third-order valence-corrected chi connectivity index (χ3v) is 5.74. The van der Waals surface area contributed by atoms with Crippen LogP contribution in [0.4, 0.5) is 5.69 Å². The van der Waals surface area contributed by atoms with Crippen molar-refractivity contribution < 1.29 is 22.7 Å². The number of nitrogens with one attached hydrogen (secondary N) is 1. The number of piperidine rings is 1. The summed E-state index contributed by atoms with van der Waals surface area (Å²) >= 11 is 0. The van der Waals surface area contributed by atoms with Gasteiger partial charge in [0.1, 0.15) is 0 Å². The second-order valence-corrected chi connectivity index (χ2v) is 7.71. The zero-order valence-electron chi connectivity index (χ0n) is 13.9. The maximum Gasteiger partial charge on any atom is 0.303 e. The minimum Gasteiger partial charge on any atom is -0.456 e. The topological polar surface area (TPSA) is 92.8 Å². The number of amides is 1. The molecule has 0 spiro atoms. The predicted octanol–water partition coefficient (Wildman–Crippen LogP) is 1.67. The largest absolute Gasteiger partial charge is 0.456 e. The molecule has 24 heavy (non-hydrogen) atoms. The summed E-state index contributed by atoms with van der Waals surface area (Å²) in [7, 11) is -3.57. The van der Waals surface area contributed by atoms with Crippen molar-refractivity contribution in [1.82, 2.24) is 4.31 Å². The lowest BCUT2D eigenvalue weighted by atomic mass is 10.2. The van der Waals surface area contributed by atoms with Gasteiger partial charge in [-0.2, -0.15) is 4.31 Å². The molecule has 0 radical (unpaired) electrons. The van der Waals surface area contributed by atoms with Gasteiger partial charge in [0.05, 0.1) is 4.90 Å². The molecule has 132 valence electrons. The molecule has 2 rings (SSSR count). The van der Waals surface area contributed by atoms with E-state index in [-0.39, 0.29) is 4.90 Å². The van der Waals surface area contributed by atoms with Gasteiger partial charge in [0.2, 0.25) is 10.0 Å². The lowest BCUT2D eigenvalue weighted by molar-refractivity contribution is -0.144. The van der Waals surface area contributed by atoms with E-state index in [4.69, 9.17) is 0 Å². The molecule has 1 aromatic rings. The molecule has 0 unspecified atom stereocenters. The van der Waals surface area contributed by atoms with E-state index in [0.717, 1.165) is 24.8 Å². The van der Waals surface area contributed by atoms with Crippen molar-refractivity contribution in [3.8, 4) is 0 Å². The Bertz CT molecular complexity index is 724. The Labute approximate surface area is 142 Å². The molecule has 0 aliphatic carbocycles. The molecule has 1 aliphatic rings. The first kappa shape index (κ1) is 18.4. The van der Waals surface area contributed by atoms with Crippen LogP contribution in [0, 0.1) is 6.92 Å². The van der Waals surface area contributed by atoms with Gasteiger partial charge >= 0.3 is 5.97 Å². The first-order valence-corrected chi connectivity index (χ1v) is 9.29. The first-order valence-electron chi connectivity index (χ1n) is 7.85. The van der Waals surface area contributed by atoms with E-state index in [1.807, 2.05) is 0 Å². The normalized spacial score (nSPS) is 15.8. The maximum atomic E-state index is 12.7. The van der Waals surface area contributed by atoms with Crippen molar-refractivity contribution in [2.45, 2.75) is 38.0 Å². The number of carbonyl (C=O) groups excluding carboxylic acids is 2. The summed E-state index contributed by atoms with van der Waals surface area (Å²) in [5.41, 5.74) is 1.12. The summed E-state index contributed by atoms with van der Waals surface area (Å²) < 4.78 is 31.5. The fourth-order valence-electron chi connectivity index (χ4n) is 2.50. The highest BCUT2D eigenvalue weighted by molar-refractivity contribution is 7.89. The Balaban J connectivity index is 2.18. The smallest absolute Gasteiger partial charge is 0.303 e. The summed E-state index contributed by atoms with van der Waals surface area (Å²) in [5.74, 6) is -1.07. The van der Waals surface area contributed by atoms with Gasteiger partial charge < -0.3 is 10.1 Å². The van der Waals surface area contributed by atoms with Crippen molar-refractivity contribution in [2.24, 2.45) is 0 Å². The summed E-state index contributed by atoms with van der Waals surface area (Å²) in [6, 6.07) is 4.64. The zero-order valence-corrected chi connectivity index (χ0v) is 14.7. The number of nitrogens with zero attached hydrogens (tertiary/aromatic N) is 1. The van der Waals surface area contributed by atoms with Gasteiger partial charge in [-0.1, -0.05) is 12.5 Å². The lowest BCUT2D eigenvalue weighted by Gasteiger charge is -2.26. The van der Waals surface area contributed by atoms with Crippen LogP contribution in [0.25, 0.3) is 0 Å².